The molecule has 0 radical (unpaired) electrons. The van der Waals surface area contributed by atoms with Crippen molar-refractivity contribution in [1.29, 1.82) is 0 Å². The average Bonchev–Trinajstić information content (AvgIpc) is 3.60. The molecule has 4 rings (SSSR count). The number of benzene rings is 2. The predicted octanol–water partition coefficient (Wildman–Crippen LogP) is 4.47. The highest BCUT2D eigenvalue weighted by Crippen LogP contribution is 2.28. The summed E-state index contributed by atoms with van der Waals surface area (Å²) in [5.41, 5.74) is 2.22. The fourth-order valence-corrected chi connectivity index (χ4v) is 4.25. The van der Waals surface area contributed by atoms with Crippen LogP contribution in [-0.4, -0.2) is 24.3 Å². The molecule has 7 nitrogen and oxygen atoms in total. The van der Waals surface area contributed by atoms with Crippen molar-refractivity contribution in [2.75, 3.05) is 11.4 Å². The third kappa shape index (κ3) is 6.04. The third-order valence-electron chi connectivity index (χ3n) is 5.36. The van der Waals surface area contributed by atoms with Crippen molar-refractivity contribution in [2.45, 2.75) is 19.5 Å². The SMILES string of the molecule is Cc1ccc(C(C(=O)NCc2ccco2)N(C(=O)CNC(=O)c2cccs2)c2ccccc2)cc1. The Balaban J connectivity index is 1.64. The lowest BCUT2D eigenvalue weighted by Crippen LogP contribution is -2.47. The number of nitrogens with zero attached hydrogens (tertiary/aromatic N) is 1. The first-order chi connectivity index (χ1) is 17.0. The molecule has 0 saturated carbocycles. The average molecular weight is 488 g/mol. The van der Waals surface area contributed by atoms with Gasteiger partial charge in [0.2, 0.25) is 11.8 Å². The number of aryl methyl sites for hydroxylation is 1. The number of nitrogens with one attached hydrogen (secondary N) is 2. The van der Waals surface area contributed by atoms with Crippen LogP contribution in [0.25, 0.3) is 0 Å². The Morgan fingerprint density at radius 1 is 0.914 bits per heavy atom. The molecule has 0 fully saturated rings. The molecular formula is C27H25N3O4S. The van der Waals surface area contributed by atoms with Crippen LogP contribution >= 0.6 is 11.3 Å². The van der Waals surface area contributed by atoms with E-state index in [2.05, 4.69) is 10.6 Å². The van der Waals surface area contributed by atoms with E-state index in [1.807, 2.05) is 37.3 Å². The van der Waals surface area contributed by atoms with Gasteiger partial charge in [0, 0.05) is 5.69 Å². The van der Waals surface area contributed by atoms with Crippen LogP contribution < -0.4 is 15.5 Å². The topological polar surface area (TPSA) is 91.7 Å². The van der Waals surface area contributed by atoms with Crippen molar-refractivity contribution in [3.05, 3.63) is 112 Å². The Morgan fingerprint density at radius 2 is 1.69 bits per heavy atom. The molecule has 8 heteroatoms. The predicted molar refractivity (Wildman–Crippen MR) is 135 cm³/mol. The maximum absolute atomic E-state index is 13.6. The van der Waals surface area contributed by atoms with Gasteiger partial charge in [-0.1, -0.05) is 54.1 Å². The van der Waals surface area contributed by atoms with Crippen molar-refractivity contribution < 1.29 is 18.8 Å². The highest BCUT2D eigenvalue weighted by atomic mass is 32.1. The van der Waals surface area contributed by atoms with E-state index < -0.39 is 11.9 Å². The van der Waals surface area contributed by atoms with Crippen molar-refractivity contribution in [3.8, 4) is 0 Å². The van der Waals surface area contributed by atoms with Crippen LogP contribution in [0.5, 0.6) is 0 Å². The Hall–Kier alpha value is -4.17. The lowest BCUT2D eigenvalue weighted by atomic mass is 10.0. The number of rotatable bonds is 9. The monoisotopic (exact) mass is 487 g/mol. The summed E-state index contributed by atoms with van der Waals surface area (Å²) in [6, 6.07) is 22.4. The maximum atomic E-state index is 13.6. The summed E-state index contributed by atoms with van der Waals surface area (Å²) in [6.07, 6.45) is 1.54. The van der Waals surface area contributed by atoms with E-state index >= 15 is 0 Å². The van der Waals surface area contributed by atoms with Gasteiger partial charge in [0.1, 0.15) is 11.8 Å². The van der Waals surface area contributed by atoms with Gasteiger partial charge in [-0.15, -0.1) is 11.3 Å². The smallest absolute Gasteiger partial charge is 0.261 e. The highest BCUT2D eigenvalue weighted by molar-refractivity contribution is 7.12. The zero-order valence-corrected chi connectivity index (χ0v) is 20.0. The molecule has 35 heavy (non-hydrogen) atoms. The van der Waals surface area contributed by atoms with Crippen LogP contribution in [0.3, 0.4) is 0 Å². The quantitative estimate of drug-likeness (QED) is 0.364. The Morgan fingerprint density at radius 3 is 2.34 bits per heavy atom. The minimum absolute atomic E-state index is 0.181. The number of hydrogen-bond acceptors (Lipinski definition) is 5. The van der Waals surface area contributed by atoms with E-state index in [0.717, 1.165) is 5.56 Å². The molecule has 2 aromatic heterocycles. The molecular weight excluding hydrogens is 462 g/mol. The van der Waals surface area contributed by atoms with Gasteiger partial charge in [-0.2, -0.15) is 0 Å². The molecule has 2 N–H and O–H groups in total. The molecule has 0 aliphatic rings. The lowest BCUT2D eigenvalue weighted by Gasteiger charge is -2.31. The number of hydrogen-bond donors (Lipinski definition) is 2. The fourth-order valence-electron chi connectivity index (χ4n) is 3.61. The Kier molecular flexibility index (Phi) is 7.74. The number of carbonyl (C=O) groups excluding carboxylic acids is 3. The van der Waals surface area contributed by atoms with E-state index in [-0.39, 0.29) is 24.9 Å². The van der Waals surface area contributed by atoms with Gasteiger partial charge in [-0.25, -0.2) is 0 Å². The summed E-state index contributed by atoms with van der Waals surface area (Å²) in [5, 5.41) is 7.35. The fraction of sp³-hybridized carbons (Fsp3) is 0.148. The number of carbonyl (C=O) groups is 3. The zero-order valence-electron chi connectivity index (χ0n) is 19.1. The van der Waals surface area contributed by atoms with Gasteiger partial charge < -0.3 is 15.1 Å². The molecule has 3 amide bonds. The van der Waals surface area contributed by atoms with Gasteiger partial charge in [0.05, 0.1) is 24.2 Å². The molecule has 0 aliphatic heterocycles. The normalized spacial score (nSPS) is 11.5. The zero-order chi connectivity index (χ0) is 24.6. The second kappa shape index (κ2) is 11.3. The minimum atomic E-state index is -0.959. The maximum Gasteiger partial charge on any atom is 0.261 e. The van der Waals surface area contributed by atoms with Crippen molar-refractivity contribution in [2.24, 2.45) is 0 Å². The third-order valence-corrected chi connectivity index (χ3v) is 6.23. The van der Waals surface area contributed by atoms with E-state index in [1.54, 1.807) is 53.9 Å². The number of thiophene rings is 1. The summed E-state index contributed by atoms with van der Waals surface area (Å²) >= 11 is 1.29. The number of amides is 3. The minimum Gasteiger partial charge on any atom is -0.467 e. The molecule has 2 heterocycles. The van der Waals surface area contributed by atoms with Crippen LogP contribution in [0, 0.1) is 6.92 Å². The summed E-state index contributed by atoms with van der Waals surface area (Å²) in [5.74, 6) is -0.524. The molecule has 1 atom stereocenters. The molecule has 2 aromatic carbocycles. The molecule has 4 aromatic rings. The molecule has 1 unspecified atom stereocenters. The second-order valence-corrected chi connectivity index (χ2v) is 8.82. The molecule has 178 valence electrons. The molecule has 0 bridgehead atoms. The van der Waals surface area contributed by atoms with E-state index in [1.165, 1.54) is 22.5 Å². The summed E-state index contributed by atoms with van der Waals surface area (Å²) in [7, 11) is 0. The Bertz CT molecular complexity index is 1250. The van der Waals surface area contributed by atoms with Crippen molar-refractivity contribution in [3.63, 3.8) is 0 Å². The van der Waals surface area contributed by atoms with Gasteiger partial charge in [-0.3, -0.25) is 19.3 Å². The lowest BCUT2D eigenvalue weighted by molar-refractivity contribution is -0.126. The van der Waals surface area contributed by atoms with Crippen molar-refractivity contribution >= 4 is 34.7 Å². The van der Waals surface area contributed by atoms with Crippen LogP contribution in [0.4, 0.5) is 5.69 Å². The van der Waals surface area contributed by atoms with E-state index in [4.69, 9.17) is 4.42 Å². The Labute approximate surface area is 207 Å². The molecule has 0 spiro atoms. The largest absolute Gasteiger partial charge is 0.467 e. The molecule has 0 aliphatic carbocycles. The van der Waals surface area contributed by atoms with Crippen molar-refractivity contribution in [1.82, 2.24) is 10.6 Å². The number of anilines is 1. The van der Waals surface area contributed by atoms with Gasteiger partial charge in [0.25, 0.3) is 5.91 Å². The first kappa shape index (κ1) is 24.0. The van der Waals surface area contributed by atoms with Crippen LogP contribution in [0.1, 0.15) is 32.6 Å². The number of furan rings is 1. The van der Waals surface area contributed by atoms with Gasteiger partial charge in [-0.05, 0) is 48.2 Å². The highest BCUT2D eigenvalue weighted by Gasteiger charge is 2.33. The number of para-hydroxylation sites is 1. The first-order valence-corrected chi connectivity index (χ1v) is 12.0. The van der Waals surface area contributed by atoms with E-state index in [0.29, 0.717) is 21.9 Å². The van der Waals surface area contributed by atoms with Crippen LogP contribution in [-0.2, 0) is 16.1 Å². The van der Waals surface area contributed by atoms with Crippen LogP contribution in [0.2, 0.25) is 0 Å². The van der Waals surface area contributed by atoms with E-state index in [9.17, 15) is 14.4 Å². The second-order valence-electron chi connectivity index (χ2n) is 7.87. The van der Waals surface area contributed by atoms with Gasteiger partial charge >= 0.3 is 0 Å². The first-order valence-electron chi connectivity index (χ1n) is 11.1. The summed E-state index contributed by atoms with van der Waals surface area (Å²) in [6.45, 7) is 1.87. The standard InChI is InChI=1S/C27H25N3O4S/c1-19-11-13-20(14-12-19)25(27(33)28-17-22-9-5-15-34-22)30(21-7-3-2-4-8-21)24(31)18-29-26(32)23-10-6-16-35-23/h2-16,25H,17-18H2,1H3,(H,28,33)(H,29,32). The summed E-state index contributed by atoms with van der Waals surface area (Å²) in [4.78, 5) is 41.5. The van der Waals surface area contributed by atoms with Crippen LogP contribution in [0.15, 0.2) is 94.9 Å². The molecule has 0 saturated heterocycles. The summed E-state index contributed by atoms with van der Waals surface area (Å²) < 4.78 is 5.34. The van der Waals surface area contributed by atoms with Gasteiger partial charge in [0.15, 0.2) is 0 Å².